The van der Waals surface area contributed by atoms with Crippen molar-refractivity contribution in [2.24, 2.45) is 5.73 Å². The van der Waals surface area contributed by atoms with E-state index < -0.39 is 4.92 Å². The summed E-state index contributed by atoms with van der Waals surface area (Å²) in [6, 6.07) is 4.49. The van der Waals surface area contributed by atoms with Crippen LogP contribution >= 0.6 is 0 Å². The first-order chi connectivity index (χ1) is 7.70. The normalized spacial score (nSPS) is 10.6. The Balaban J connectivity index is 2.34. The molecule has 0 aliphatic heterocycles. The van der Waals surface area contributed by atoms with E-state index in [0.29, 0.717) is 30.1 Å². The van der Waals surface area contributed by atoms with E-state index in [4.69, 9.17) is 5.73 Å². The van der Waals surface area contributed by atoms with Crippen LogP contribution in [-0.2, 0) is 0 Å². The standard InChI is InChI=1S/C9H11N5O2/c10-3-4-11-9-12-7-2-1-6(14(15)16)5-8(7)13-9/h1-2,5H,3-4,10H2,(H2,11,12,13). The van der Waals surface area contributed by atoms with Crippen molar-refractivity contribution in [2.45, 2.75) is 0 Å². The van der Waals surface area contributed by atoms with Gasteiger partial charge in [-0.05, 0) is 6.07 Å². The average Bonchev–Trinajstić information content (AvgIpc) is 2.67. The fourth-order valence-corrected chi connectivity index (χ4v) is 1.39. The molecule has 0 atom stereocenters. The van der Waals surface area contributed by atoms with E-state index in [1.165, 1.54) is 12.1 Å². The SMILES string of the molecule is NCCNc1nc2ccc([N+](=O)[O-])cc2[nH]1. The summed E-state index contributed by atoms with van der Waals surface area (Å²) < 4.78 is 0. The van der Waals surface area contributed by atoms with Gasteiger partial charge in [-0.15, -0.1) is 0 Å². The zero-order valence-electron chi connectivity index (χ0n) is 8.43. The Bertz CT molecular complexity index is 522. The summed E-state index contributed by atoms with van der Waals surface area (Å²) in [5, 5.41) is 13.5. The number of nitrogens with zero attached hydrogens (tertiary/aromatic N) is 2. The van der Waals surface area contributed by atoms with Crippen LogP contribution in [0.25, 0.3) is 11.0 Å². The topological polar surface area (TPSA) is 110 Å². The Labute approximate surface area is 90.8 Å². The number of nitro groups is 1. The molecular weight excluding hydrogens is 210 g/mol. The number of hydrogen-bond acceptors (Lipinski definition) is 5. The highest BCUT2D eigenvalue weighted by Crippen LogP contribution is 2.20. The summed E-state index contributed by atoms with van der Waals surface area (Å²) in [6.07, 6.45) is 0. The Morgan fingerprint density at radius 3 is 3.06 bits per heavy atom. The number of aromatic nitrogens is 2. The van der Waals surface area contributed by atoms with E-state index in [-0.39, 0.29) is 5.69 Å². The third-order valence-corrected chi connectivity index (χ3v) is 2.11. The lowest BCUT2D eigenvalue weighted by Crippen LogP contribution is -2.13. The van der Waals surface area contributed by atoms with Gasteiger partial charge in [0.05, 0.1) is 16.0 Å². The Kier molecular flexibility index (Phi) is 2.69. The summed E-state index contributed by atoms with van der Waals surface area (Å²) in [7, 11) is 0. The predicted molar refractivity (Wildman–Crippen MR) is 60.3 cm³/mol. The molecule has 1 heterocycles. The number of nitro benzene ring substituents is 1. The van der Waals surface area contributed by atoms with Gasteiger partial charge in [0.25, 0.3) is 5.69 Å². The van der Waals surface area contributed by atoms with Gasteiger partial charge < -0.3 is 16.0 Å². The van der Waals surface area contributed by atoms with Crippen molar-refractivity contribution in [2.75, 3.05) is 18.4 Å². The summed E-state index contributed by atoms with van der Waals surface area (Å²) in [6.45, 7) is 1.10. The monoisotopic (exact) mass is 221 g/mol. The number of H-pyrrole nitrogens is 1. The van der Waals surface area contributed by atoms with E-state index in [1.54, 1.807) is 6.07 Å². The highest BCUT2D eigenvalue weighted by atomic mass is 16.6. The molecule has 4 N–H and O–H groups in total. The molecule has 0 radical (unpaired) electrons. The second-order valence-corrected chi connectivity index (χ2v) is 3.26. The Morgan fingerprint density at radius 1 is 1.56 bits per heavy atom. The fraction of sp³-hybridized carbons (Fsp3) is 0.222. The fourth-order valence-electron chi connectivity index (χ4n) is 1.39. The largest absolute Gasteiger partial charge is 0.355 e. The molecule has 1 aromatic heterocycles. The van der Waals surface area contributed by atoms with Gasteiger partial charge >= 0.3 is 0 Å². The van der Waals surface area contributed by atoms with E-state index in [1.807, 2.05) is 0 Å². The molecule has 0 aliphatic rings. The van der Waals surface area contributed by atoms with Crippen molar-refractivity contribution in [1.82, 2.24) is 9.97 Å². The maximum atomic E-state index is 10.6. The van der Waals surface area contributed by atoms with Crippen molar-refractivity contribution < 1.29 is 4.92 Å². The van der Waals surface area contributed by atoms with E-state index in [0.717, 1.165) is 0 Å². The molecular formula is C9H11N5O2. The summed E-state index contributed by atoms with van der Waals surface area (Å²) in [4.78, 5) is 17.3. The number of benzene rings is 1. The molecule has 0 spiro atoms. The molecule has 0 fully saturated rings. The lowest BCUT2D eigenvalue weighted by atomic mass is 10.3. The zero-order valence-corrected chi connectivity index (χ0v) is 8.43. The van der Waals surface area contributed by atoms with Crippen LogP contribution in [-0.4, -0.2) is 28.0 Å². The minimum absolute atomic E-state index is 0.0431. The Morgan fingerprint density at radius 2 is 2.38 bits per heavy atom. The predicted octanol–water partition coefficient (Wildman–Crippen LogP) is 0.842. The molecule has 0 saturated carbocycles. The third kappa shape index (κ3) is 1.94. The van der Waals surface area contributed by atoms with E-state index in [9.17, 15) is 10.1 Å². The molecule has 1 aromatic carbocycles. The minimum Gasteiger partial charge on any atom is -0.355 e. The first kappa shape index (κ1) is 10.4. The number of non-ortho nitro benzene ring substituents is 1. The number of hydrogen-bond donors (Lipinski definition) is 3. The van der Waals surface area contributed by atoms with Crippen LogP contribution in [0.3, 0.4) is 0 Å². The highest BCUT2D eigenvalue weighted by Gasteiger charge is 2.08. The van der Waals surface area contributed by atoms with Crippen LogP contribution in [0.1, 0.15) is 0 Å². The third-order valence-electron chi connectivity index (χ3n) is 2.11. The number of imidazole rings is 1. The van der Waals surface area contributed by atoms with Gasteiger partial charge in [0.2, 0.25) is 5.95 Å². The van der Waals surface area contributed by atoms with E-state index in [2.05, 4.69) is 15.3 Å². The lowest BCUT2D eigenvalue weighted by molar-refractivity contribution is -0.384. The van der Waals surface area contributed by atoms with Gasteiger partial charge in [0.15, 0.2) is 0 Å². The molecule has 0 unspecified atom stereocenters. The van der Waals surface area contributed by atoms with Crippen LogP contribution in [0, 0.1) is 10.1 Å². The maximum absolute atomic E-state index is 10.6. The van der Waals surface area contributed by atoms with Crippen molar-refractivity contribution in [3.63, 3.8) is 0 Å². The van der Waals surface area contributed by atoms with Crippen LogP contribution in [0.5, 0.6) is 0 Å². The van der Waals surface area contributed by atoms with E-state index >= 15 is 0 Å². The summed E-state index contributed by atoms with van der Waals surface area (Å²) in [5.74, 6) is 0.570. The van der Waals surface area contributed by atoms with Gasteiger partial charge in [-0.2, -0.15) is 0 Å². The molecule has 2 aromatic rings. The number of fused-ring (bicyclic) bond motifs is 1. The molecule has 2 rings (SSSR count). The van der Waals surface area contributed by atoms with Crippen molar-refractivity contribution in [3.8, 4) is 0 Å². The maximum Gasteiger partial charge on any atom is 0.271 e. The first-order valence-electron chi connectivity index (χ1n) is 4.79. The van der Waals surface area contributed by atoms with Crippen molar-refractivity contribution in [3.05, 3.63) is 28.3 Å². The van der Waals surface area contributed by atoms with Gasteiger partial charge in [0.1, 0.15) is 0 Å². The van der Waals surface area contributed by atoms with Crippen LogP contribution in [0.2, 0.25) is 0 Å². The number of anilines is 1. The molecule has 7 heteroatoms. The van der Waals surface area contributed by atoms with Gasteiger partial charge in [0, 0.05) is 25.2 Å². The second-order valence-electron chi connectivity index (χ2n) is 3.26. The van der Waals surface area contributed by atoms with Crippen LogP contribution < -0.4 is 11.1 Å². The minimum atomic E-state index is -0.437. The molecule has 16 heavy (non-hydrogen) atoms. The Hall–Kier alpha value is -2.15. The number of nitrogens with one attached hydrogen (secondary N) is 2. The quantitative estimate of drug-likeness (QED) is 0.523. The van der Waals surface area contributed by atoms with Crippen LogP contribution in [0.15, 0.2) is 18.2 Å². The van der Waals surface area contributed by atoms with Gasteiger partial charge in [-0.1, -0.05) is 0 Å². The number of rotatable bonds is 4. The van der Waals surface area contributed by atoms with Crippen molar-refractivity contribution in [1.29, 1.82) is 0 Å². The number of nitrogens with two attached hydrogens (primary N) is 1. The zero-order chi connectivity index (χ0) is 11.5. The smallest absolute Gasteiger partial charge is 0.271 e. The highest BCUT2D eigenvalue weighted by molar-refractivity contribution is 5.79. The van der Waals surface area contributed by atoms with Crippen molar-refractivity contribution >= 4 is 22.7 Å². The lowest BCUT2D eigenvalue weighted by Gasteiger charge is -1.96. The molecule has 0 aliphatic carbocycles. The second kappa shape index (κ2) is 4.15. The number of aromatic amines is 1. The molecule has 0 bridgehead atoms. The molecule has 84 valence electrons. The molecule has 0 amide bonds. The first-order valence-corrected chi connectivity index (χ1v) is 4.79. The summed E-state index contributed by atoms with van der Waals surface area (Å²) in [5.41, 5.74) is 6.70. The average molecular weight is 221 g/mol. The molecule has 7 nitrogen and oxygen atoms in total. The van der Waals surface area contributed by atoms with Crippen LogP contribution in [0.4, 0.5) is 11.6 Å². The van der Waals surface area contributed by atoms with Gasteiger partial charge in [-0.25, -0.2) is 4.98 Å². The molecule has 0 saturated heterocycles. The summed E-state index contributed by atoms with van der Waals surface area (Å²) >= 11 is 0. The van der Waals surface area contributed by atoms with Gasteiger partial charge in [-0.3, -0.25) is 10.1 Å².